The molecule has 0 amide bonds. The number of benzene rings is 3. The smallest absolute Gasteiger partial charge is 0.330 e. The summed E-state index contributed by atoms with van der Waals surface area (Å²) in [7, 11) is 0. The summed E-state index contributed by atoms with van der Waals surface area (Å²) >= 11 is 5.45. The first-order valence-corrected chi connectivity index (χ1v) is 8.13. The topological polar surface area (TPSA) is 41.6 Å². The number of rotatable bonds is 3. The van der Waals surface area contributed by atoms with Crippen molar-refractivity contribution in [2.75, 3.05) is 10.4 Å². The molecule has 0 heterocycles. The normalized spacial score (nSPS) is 9.54. The molecule has 0 atom stereocenters. The van der Waals surface area contributed by atoms with E-state index < -0.39 is 5.97 Å². The summed E-state index contributed by atoms with van der Waals surface area (Å²) in [5.41, 5.74) is 1.91. The van der Waals surface area contributed by atoms with Crippen LogP contribution in [0, 0.1) is 0 Å². The van der Waals surface area contributed by atoms with E-state index in [4.69, 9.17) is 17.1 Å². The Hall–Kier alpha value is -2.66. The summed E-state index contributed by atoms with van der Waals surface area (Å²) in [6.45, 7) is 0. The molecule has 1 N–H and O–H groups in total. The Labute approximate surface area is 168 Å². The molecule has 0 unspecified atom stereocenters. The van der Waals surface area contributed by atoms with Crippen molar-refractivity contribution >= 4 is 34.7 Å². The van der Waals surface area contributed by atoms with Gasteiger partial charge in [0.25, 0.3) is 0 Å². The van der Waals surface area contributed by atoms with E-state index in [1.54, 1.807) is 24.3 Å². The SMILES string of the molecule is O=C(ON(C(=S)Nc1ccccc1)c1ccccc1)c1ccccc1.[Cu]. The van der Waals surface area contributed by atoms with Gasteiger partial charge in [-0.25, -0.2) is 4.79 Å². The van der Waals surface area contributed by atoms with E-state index in [1.807, 2.05) is 66.7 Å². The average Bonchev–Trinajstić information content (AvgIpc) is 2.68. The number of hydrogen-bond donors (Lipinski definition) is 1. The van der Waals surface area contributed by atoms with Crippen molar-refractivity contribution in [3.05, 3.63) is 96.6 Å². The Kier molecular flexibility index (Phi) is 7.36. The molecule has 3 aromatic rings. The first kappa shape index (κ1) is 19.7. The van der Waals surface area contributed by atoms with E-state index >= 15 is 0 Å². The minimum atomic E-state index is -0.485. The zero-order valence-electron chi connectivity index (χ0n) is 13.6. The van der Waals surface area contributed by atoms with E-state index in [9.17, 15) is 4.79 Å². The van der Waals surface area contributed by atoms with Crippen LogP contribution >= 0.6 is 12.2 Å². The van der Waals surface area contributed by atoms with Crippen LogP contribution in [0.2, 0.25) is 0 Å². The van der Waals surface area contributed by atoms with Gasteiger partial charge in [0.2, 0.25) is 5.11 Å². The molecule has 0 saturated carbocycles. The van der Waals surface area contributed by atoms with Gasteiger partial charge in [-0.3, -0.25) is 0 Å². The summed E-state index contributed by atoms with van der Waals surface area (Å²) < 4.78 is 0. The molecular weight excluding hydrogens is 396 g/mol. The van der Waals surface area contributed by atoms with Crippen LogP contribution in [0.15, 0.2) is 91.0 Å². The van der Waals surface area contributed by atoms with Crippen LogP contribution < -0.4 is 10.4 Å². The Balaban J connectivity index is 0.00000243. The van der Waals surface area contributed by atoms with Gasteiger partial charge in [0, 0.05) is 22.8 Å². The van der Waals surface area contributed by atoms with Gasteiger partial charge in [0.15, 0.2) is 0 Å². The third-order valence-electron chi connectivity index (χ3n) is 3.38. The number of hydroxylamine groups is 1. The van der Waals surface area contributed by atoms with Gasteiger partial charge in [-0.05, 0) is 48.6 Å². The second kappa shape index (κ2) is 9.73. The fraction of sp³-hybridized carbons (Fsp3) is 0. The van der Waals surface area contributed by atoms with Crippen molar-refractivity contribution in [2.45, 2.75) is 0 Å². The van der Waals surface area contributed by atoms with Crippen LogP contribution in [0.5, 0.6) is 0 Å². The van der Waals surface area contributed by atoms with Crippen LogP contribution in [0.4, 0.5) is 11.4 Å². The summed E-state index contributed by atoms with van der Waals surface area (Å²) in [5, 5.41) is 4.66. The van der Waals surface area contributed by atoms with E-state index in [2.05, 4.69) is 5.32 Å². The van der Waals surface area contributed by atoms with Gasteiger partial charge in [0.05, 0.1) is 11.3 Å². The molecule has 0 fully saturated rings. The fourth-order valence-corrected chi connectivity index (χ4v) is 2.44. The van der Waals surface area contributed by atoms with Crippen molar-refractivity contribution in [3.63, 3.8) is 0 Å². The summed E-state index contributed by atoms with van der Waals surface area (Å²) in [4.78, 5) is 18.0. The largest absolute Gasteiger partial charge is 0.363 e. The monoisotopic (exact) mass is 411 g/mol. The zero-order chi connectivity index (χ0) is 17.5. The molecule has 0 bridgehead atoms. The van der Waals surface area contributed by atoms with Crippen LogP contribution in [0.1, 0.15) is 10.4 Å². The second-order valence-corrected chi connectivity index (χ2v) is 5.56. The predicted octanol–water partition coefficient (Wildman–Crippen LogP) is 4.66. The van der Waals surface area contributed by atoms with Gasteiger partial charge in [-0.15, -0.1) is 5.06 Å². The molecule has 3 rings (SSSR count). The molecule has 0 aromatic heterocycles. The maximum absolute atomic E-state index is 12.4. The Morgan fingerprint density at radius 2 is 1.31 bits per heavy atom. The molecule has 0 saturated heterocycles. The van der Waals surface area contributed by atoms with E-state index in [-0.39, 0.29) is 22.2 Å². The van der Waals surface area contributed by atoms with Crippen molar-refractivity contribution in [1.29, 1.82) is 0 Å². The third kappa shape index (κ3) is 5.17. The predicted molar refractivity (Wildman–Crippen MR) is 103 cm³/mol. The molecule has 0 aliphatic carbocycles. The number of anilines is 2. The van der Waals surface area contributed by atoms with Crippen molar-refractivity contribution < 1.29 is 26.7 Å². The van der Waals surface area contributed by atoms with Crippen LogP contribution in [-0.4, -0.2) is 11.1 Å². The molecule has 6 heteroatoms. The Morgan fingerprint density at radius 3 is 1.88 bits per heavy atom. The summed E-state index contributed by atoms with van der Waals surface area (Å²) in [6, 6.07) is 27.5. The molecule has 0 aliphatic heterocycles. The van der Waals surface area contributed by atoms with Crippen molar-refractivity contribution in [1.82, 2.24) is 0 Å². The van der Waals surface area contributed by atoms with Gasteiger partial charge in [-0.2, -0.15) is 0 Å². The molecule has 4 nitrogen and oxygen atoms in total. The number of thiocarbonyl (C=S) groups is 1. The number of para-hydroxylation sites is 2. The number of nitrogens with zero attached hydrogens (tertiary/aromatic N) is 1. The molecule has 3 aromatic carbocycles. The van der Waals surface area contributed by atoms with Crippen LogP contribution in [0.3, 0.4) is 0 Å². The first-order valence-electron chi connectivity index (χ1n) is 7.72. The maximum atomic E-state index is 12.4. The number of carbonyl (C=O) groups excluding carboxylic acids is 1. The van der Waals surface area contributed by atoms with E-state index in [0.717, 1.165) is 5.69 Å². The van der Waals surface area contributed by atoms with E-state index in [1.165, 1.54) is 5.06 Å². The second-order valence-electron chi connectivity index (χ2n) is 5.17. The number of carbonyl (C=O) groups is 1. The van der Waals surface area contributed by atoms with Crippen LogP contribution in [-0.2, 0) is 21.9 Å². The standard InChI is InChI=1S/C20H16N2O2S.Cu/c23-19(16-10-4-1-5-11-16)24-22(18-14-8-3-9-15-18)20(25)21-17-12-6-2-7-13-17;/h1-15H,(H,21,25);. The fourth-order valence-electron chi connectivity index (χ4n) is 2.18. The molecular formula is C20H16CuN2O2S. The molecule has 1 radical (unpaired) electrons. The minimum Gasteiger partial charge on any atom is -0.330 e. The molecule has 0 spiro atoms. The van der Waals surface area contributed by atoms with Crippen LogP contribution in [0.25, 0.3) is 0 Å². The summed E-state index contributed by atoms with van der Waals surface area (Å²) in [6.07, 6.45) is 0. The minimum absolute atomic E-state index is 0. The summed E-state index contributed by atoms with van der Waals surface area (Å²) in [5.74, 6) is -0.485. The van der Waals surface area contributed by atoms with E-state index in [0.29, 0.717) is 11.3 Å². The maximum Gasteiger partial charge on any atom is 0.363 e. The van der Waals surface area contributed by atoms with Crippen molar-refractivity contribution in [3.8, 4) is 0 Å². The third-order valence-corrected chi connectivity index (χ3v) is 3.65. The van der Waals surface area contributed by atoms with Gasteiger partial charge in [0.1, 0.15) is 0 Å². The average molecular weight is 412 g/mol. The van der Waals surface area contributed by atoms with Gasteiger partial charge < -0.3 is 10.2 Å². The molecule has 135 valence electrons. The quantitative estimate of drug-likeness (QED) is 0.385. The zero-order valence-corrected chi connectivity index (χ0v) is 15.4. The Morgan fingerprint density at radius 1 is 0.808 bits per heavy atom. The molecule has 0 aliphatic rings. The molecule has 26 heavy (non-hydrogen) atoms. The van der Waals surface area contributed by atoms with Gasteiger partial charge in [-0.1, -0.05) is 54.6 Å². The van der Waals surface area contributed by atoms with Crippen molar-refractivity contribution in [2.24, 2.45) is 0 Å². The Bertz CT molecular complexity index is 845. The number of nitrogens with one attached hydrogen (secondary N) is 1. The number of hydrogen-bond acceptors (Lipinski definition) is 3. The first-order chi connectivity index (χ1) is 12.2. The van der Waals surface area contributed by atoms with Gasteiger partial charge >= 0.3 is 5.97 Å².